The van der Waals surface area contributed by atoms with Gasteiger partial charge in [-0.3, -0.25) is 0 Å². The van der Waals surface area contributed by atoms with Gasteiger partial charge in [0, 0.05) is 32.8 Å². The summed E-state index contributed by atoms with van der Waals surface area (Å²) in [5.74, 6) is 0. The van der Waals surface area contributed by atoms with E-state index in [2.05, 4.69) is 4.90 Å². The number of ether oxygens (including phenoxy) is 1. The van der Waals surface area contributed by atoms with Crippen LogP contribution in [-0.2, 0) is 4.74 Å². The molecule has 13 heavy (non-hydrogen) atoms. The molecular weight excluding hydrogens is 166 g/mol. The van der Waals surface area contributed by atoms with Crippen molar-refractivity contribution in [3.63, 3.8) is 0 Å². The van der Waals surface area contributed by atoms with Crippen molar-refractivity contribution in [1.29, 1.82) is 0 Å². The fourth-order valence-electron chi connectivity index (χ4n) is 1.76. The van der Waals surface area contributed by atoms with E-state index >= 15 is 0 Å². The van der Waals surface area contributed by atoms with Crippen molar-refractivity contribution >= 4 is 0 Å². The molecule has 1 N–H and O–H groups in total. The minimum atomic E-state index is -0.453. The van der Waals surface area contributed by atoms with E-state index in [4.69, 9.17) is 4.74 Å². The Morgan fingerprint density at radius 3 is 2.85 bits per heavy atom. The number of rotatable bonds is 5. The van der Waals surface area contributed by atoms with Crippen molar-refractivity contribution in [3.05, 3.63) is 0 Å². The van der Waals surface area contributed by atoms with Crippen molar-refractivity contribution in [3.8, 4) is 0 Å². The average Bonchev–Trinajstić information content (AvgIpc) is 2.40. The van der Waals surface area contributed by atoms with Gasteiger partial charge in [0.15, 0.2) is 0 Å². The Hall–Kier alpha value is -0.120. The Bertz CT molecular complexity index is 148. The van der Waals surface area contributed by atoms with Crippen molar-refractivity contribution in [2.45, 2.75) is 32.3 Å². The number of likely N-dealkylation sites (tertiary alicyclic amines) is 1. The molecule has 78 valence electrons. The van der Waals surface area contributed by atoms with Crippen LogP contribution in [-0.4, -0.2) is 48.5 Å². The van der Waals surface area contributed by atoms with Gasteiger partial charge >= 0.3 is 0 Å². The fourth-order valence-corrected chi connectivity index (χ4v) is 1.76. The van der Waals surface area contributed by atoms with E-state index in [0.717, 1.165) is 45.7 Å². The summed E-state index contributed by atoms with van der Waals surface area (Å²) in [7, 11) is 0. The van der Waals surface area contributed by atoms with Gasteiger partial charge in [0.2, 0.25) is 0 Å². The lowest BCUT2D eigenvalue weighted by molar-refractivity contribution is 0.0664. The molecule has 0 aromatic heterocycles. The SMILES string of the molecule is CCOCCCN1CCC(C)(O)C1. The van der Waals surface area contributed by atoms with Crippen LogP contribution in [0.4, 0.5) is 0 Å². The number of β-amino-alcohol motifs (C(OH)–C–C–N with tert-alkyl or cyclic N) is 1. The van der Waals surface area contributed by atoms with Gasteiger partial charge < -0.3 is 14.7 Å². The molecule has 0 aromatic carbocycles. The molecule has 1 aliphatic rings. The third-order valence-electron chi connectivity index (χ3n) is 2.50. The molecule has 1 fully saturated rings. The first-order valence-corrected chi connectivity index (χ1v) is 5.16. The second-order valence-corrected chi connectivity index (χ2v) is 4.07. The fraction of sp³-hybridized carbons (Fsp3) is 1.00. The average molecular weight is 187 g/mol. The maximum absolute atomic E-state index is 9.69. The van der Waals surface area contributed by atoms with Gasteiger partial charge in [-0.05, 0) is 26.7 Å². The largest absolute Gasteiger partial charge is 0.389 e. The summed E-state index contributed by atoms with van der Waals surface area (Å²) in [5, 5.41) is 9.69. The van der Waals surface area contributed by atoms with E-state index in [-0.39, 0.29) is 0 Å². The number of nitrogens with zero attached hydrogens (tertiary/aromatic N) is 1. The second kappa shape index (κ2) is 4.94. The molecule has 1 saturated heterocycles. The van der Waals surface area contributed by atoms with Gasteiger partial charge in [0.05, 0.1) is 5.60 Å². The quantitative estimate of drug-likeness (QED) is 0.648. The third kappa shape index (κ3) is 4.07. The summed E-state index contributed by atoms with van der Waals surface area (Å²) in [5.41, 5.74) is -0.453. The van der Waals surface area contributed by atoms with Crippen molar-refractivity contribution in [2.75, 3.05) is 32.8 Å². The Labute approximate surface area is 80.7 Å². The van der Waals surface area contributed by atoms with Crippen molar-refractivity contribution in [2.24, 2.45) is 0 Å². The first kappa shape index (κ1) is 11.0. The van der Waals surface area contributed by atoms with Gasteiger partial charge in [0.25, 0.3) is 0 Å². The van der Waals surface area contributed by atoms with Crippen LogP contribution in [0.1, 0.15) is 26.7 Å². The summed E-state index contributed by atoms with van der Waals surface area (Å²) < 4.78 is 5.26. The molecule has 1 unspecified atom stereocenters. The molecule has 1 atom stereocenters. The predicted octanol–water partition coefficient (Wildman–Crippen LogP) is 0.870. The van der Waals surface area contributed by atoms with E-state index in [9.17, 15) is 5.11 Å². The zero-order valence-corrected chi connectivity index (χ0v) is 8.75. The highest BCUT2D eigenvalue weighted by molar-refractivity contribution is 4.85. The first-order valence-electron chi connectivity index (χ1n) is 5.16. The van der Waals surface area contributed by atoms with Crippen LogP contribution in [0, 0.1) is 0 Å². The molecule has 0 aliphatic carbocycles. The standard InChI is InChI=1S/C10H21NO2/c1-3-13-8-4-6-11-7-5-10(2,12)9-11/h12H,3-9H2,1-2H3. The Morgan fingerprint density at radius 2 is 2.31 bits per heavy atom. The van der Waals surface area contributed by atoms with E-state index < -0.39 is 5.60 Å². The zero-order valence-electron chi connectivity index (χ0n) is 8.75. The van der Waals surface area contributed by atoms with Gasteiger partial charge in [0.1, 0.15) is 0 Å². The van der Waals surface area contributed by atoms with Gasteiger partial charge in [-0.15, -0.1) is 0 Å². The van der Waals surface area contributed by atoms with Crippen LogP contribution >= 0.6 is 0 Å². The van der Waals surface area contributed by atoms with E-state index in [1.165, 1.54) is 0 Å². The van der Waals surface area contributed by atoms with Crippen molar-refractivity contribution in [1.82, 2.24) is 4.90 Å². The third-order valence-corrected chi connectivity index (χ3v) is 2.50. The molecule has 0 bridgehead atoms. The summed E-state index contributed by atoms with van der Waals surface area (Å²) >= 11 is 0. The van der Waals surface area contributed by atoms with Crippen LogP contribution in [0.2, 0.25) is 0 Å². The molecule has 0 saturated carbocycles. The topological polar surface area (TPSA) is 32.7 Å². The van der Waals surface area contributed by atoms with E-state index in [0.29, 0.717) is 0 Å². The molecule has 0 amide bonds. The van der Waals surface area contributed by atoms with E-state index in [1.54, 1.807) is 0 Å². The summed E-state index contributed by atoms with van der Waals surface area (Å²) in [6.07, 6.45) is 1.98. The van der Waals surface area contributed by atoms with Crippen molar-refractivity contribution < 1.29 is 9.84 Å². The van der Waals surface area contributed by atoms with Gasteiger partial charge in [-0.1, -0.05) is 0 Å². The molecule has 0 spiro atoms. The highest BCUT2D eigenvalue weighted by Gasteiger charge is 2.30. The monoisotopic (exact) mass is 187 g/mol. The molecule has 3 heteroatoms. The van der Waals surface area contributed by atoms with Crippen LogP contribution in [0.25, 0.3) is 0 Å². The molecule has 0 radical (unpaired) electrons. The molecule has 3 nitrogen and oxygen atoms in total. The van der Waals surface area contributed by atoms with Crippen LogP contribution in [0.5, 0.6) is 0 Å². The number of hydrogen-bond donors (Lipinski definition) is 1. The zero-order chi connectivity index (χ0) is 9.73. The maximum Gasteiger partial charge on any atom is 0.0758 e. The smallest absolute Gasteiger partial charge is 0.0758 e. The Morgan fingerprint density at radius 1 is 1.54 bits per heavy atom. The van der Waals surface area contributed by atoms with Gasteiger partial charge in [-0.2, -0.15) is 0 Å². The minimum Gasteiger partial charge on any atom is -0.389 e. The van der Waals surface area contributed by atoms with Crippen LogP contribution < -0.4 is 0 Å². The minimum absolute atomic E-state index is 0.453. The van der Waals surface area contributed by atoms with E-state index in [1.807, 2.05) is 13.8 Å². The summed E-state index contributed by atoms with van der Waals surface area (Å²) in [4.78, 5) is 2.30. The highest BCUT2D eigenvalue weighted by atomic mass is 16.5. The Kier molecular flexibility index (Phi) is 4.16. The predicted molar refractivity (Wildman–Crippen MR) is 52.8 cm³/mol. The Balaban J connectivity index is 2.04. The second-order valence-electron chi connectivity index (χ2n) is 4.07. The molecule has 1 aliphatic heterocycles. The van der Waals surface area contributed by atoms with Crippen LogP contribution in [0.15, 0.2) is 0 Å². The lowest BCUT2D eigenvalue weighted by atomic mass is 10.1. The molecule has 1 heterocycles. The van der Waals surface area contributed by atoms with Gasteiger partial charge in [-0.25, -0.2) is 0 Å². The highest BCUT2D eigenvalue weighted by Crippen LogP contribution is 2.19. The van der Waals surface area contributed by atoms with Crippen LogP contribution in [0.3, 0.4) is 0 Å². The molecule has 0 aromatic rings. The summed E-state index contributed by atoms with van der Waals surface area (Å²) in [6.45, 7) is 8.47. The first-order chi connectivity index (χ1) is 6.14. The molecular formula is C10H21NO2. The maximum atomic E-state index is 9.69. The number of aliphatic hydroxyl groups is 1. The summed E-state index contributed by atoms with van der Waals surface area (Å²) in [6, 6.07) is 0. The number of hydrogen-bond acceptors (Lipinski definition) is 3. The molecule has 1 rings (SSSR count). The normalized spacial score (nSPS) is 29.8. The lowest BCUT2D eigenvalue weighted by Crippen LogP contribution is -2.30. The lowest BCUT2D eigenvalue weighted by Gasteiger charge is -2.18.